The van der Waals surface area contributed by atoms with Crippen LogP contribution in [-0.2, 0) is 17.8 Å². The van der Waals surface area contributed by atoms with Crippen LogP contribution in [0.5, 0.6) is 5.75 Å². The molecule has 0 aliphatic heterocycles. The van der Waals surface area contributed by atoms with Gasteiger partial charge >= 0.3 is 5.97 Å². The monoisotopic (exact) mass is 307 g/mol. The van der Waals surface area contributed by atoms with Gasteiger partial charge < -0.3 is 14.4 Å². The highest BCUT2D eigenvalue weighted by Gasteiger charge is 2.13. The lowest BCUT2D eigenvalue weighted by Crippen LogP contribution is -2.06. The van der Waals surface area contributed by atoms with Crippen molar-refractivity contribution in [2.75, 3.05) is 12.9 Å². The van der Waals surface area contributed by atoms with E-state index in [-0.39, 0.29) is 5.75 Å². The third-order valence-corrected chi connectivity index (χ3v) is 3.91. The topological polar surface area (TPSA) is 77.2 Å². The first-order chi connectivity index (χ1) is 10.1. The number of methoxy groups -OCH3 is 1. The Bertz CT molecular complexity index is 610. The lowest BCUT2D eigenvalue weighted by atomic mass is 10.1. The summed E-state index contributed by atoms with van der Waals surface area (Å²) in [5, 5.41) is 17.6. The van der Waals surface area contributed by atoms with Gasteiger partial charge in [0.25, 0.3) is 0 Å². The van der Waals surface area contributed by atoms with E-state index < -0.39 is 5.97 Å². The second-order valence-corrected chi connectivity index (χ2v) is 5.29. The summed E-state index contributed by atoms with van der Waals surface area (Å²) < 4.78 is 7.07. The van der Waals surface area contributed by atoms with Gasteiger partial charge in [0.15, 0.2) is 5.16 Å². The standard InChI is InChI=1S/C14H17N3O3S/c1-3-17-12(15-16-14(17)21-9-13(18)19)8-10-4-6-11(20-2)7-5-10/h4-7H,3,8-9H2,1-2H3,(H,18,19). The summed E-state index contributed by atoms with van der Waals surface area (Å²) in [6.45, 7) is 2.70. The Kier molecular flexibility index (Phi) is 5.21. The molecule has 6 nitrogen and oxygen atoms in total. The number of carboxylic acid groups (broad SMARTS) is 1. The summed E-state index contributed by atoms with van der Waals surface area (Å²) in [6, 6.07) is 7.78. The molecule has 7 heteroatoms. The van der Waals surface area contributed by atoms with E-state index in [1.165, 1.54) is 11.8 Å². The largest absolute Gasteiger partial charge is 0.497 e. The maximum Gasteiger partial charge on any atom is 0.313 e. The fourth-order valence-electron chi connectivity index (χ4n) is 1.93. The van der Waals surface area contributed by atoms with Crippen LogP contribution in [0.15, 0.2) is 29.4 Å². The Morgan fingerprint density at radius 2 is 2.05 bits per heavy atom. The number of ether oxygens (including phenoxy) is 1. The number of carboxylic acids is 1. The van der Waals surface area contributed by atoms with Crippen molar-refractivity contribution in [2.45, 2.75) is 25.0 Å². The van der Waals surface area contributed by atoms with E-state index >= 15 is 0 Å². The predicted octanol–water partition coefficient (Wildman–Crippen LogP) is 2.07. The van der Waals surface area contributed by atoms with Crippen molar-refractivity contribution in [1.82, 2.24) is 14.8 Å². The van der Waals surface area contributed by atoms with Crippen molar-refractivity contribution >= 4 is 17.7 Å². The van der Waals surface area contributed by atoms with E-state index in [9.17, 15) is 4.79 Å². The molecule has 0 bridgehead atoms. The molecule has 0 spiro atoms. The summed E-state index contributed by atoms with van der Waals surface area (Å²) in [5.41, 5.74) is 1.10. The summed E-state index contributed by atoms with van der Waals surface area (Å²) in [5.74, 6) is 0.770. The Labute approximate surface area is 127 Å². The van der Waals surface area contributed by atoms with Gasteiger partial charge in [0.05, 0.1) is 12.9 Å². The number of carbonyl (C=O) groups is 1. The number of hydrogen-bond acceptors (Lipinski definition) is 5. The van der Waals surface area contributed by atoms with E-state index in [4.69, 9.17) is 9.84 Å². The number of rotatable bonds is 7. The molecule has 112 valence electrons. The van der Waals surface area contributed by atoms with Gasteiger partial charge in [-0.1, -0.05) is 23.9 Å². The van der Waals surface area contributed by atoms with Gasteiger partial charge in [-0.3, -0.25) is 4.79 Å². The Morgan fingerprint density at radius 3 is 2.62 bits per heavy atom. The molecular formula is C14H17N3O3S. The molecule has 1 aromatic heterocycles. The maximum atomic E-state index is 10.6. The third-order valence-electron chi connectivity index (χ3n) is 2.96. The third kappa shape index (κ3) is 3.98. The molecule has 0 saturated carbocycles. The van der Waals surface area contributed by atoms with Gasteiger partial charge in [-0.15, -0.1) is 10.2 Å². The van der Waals surface area contributed by atoms with Crippen LogP contribution in [0.3, 0.4) is 0 Å². The molecule has 0 radical (unpaired) electrons. The first-order valence-electron chi connectivity index (χ1n) is 6.53. The normalized spacial score (nSPS) is 10.6. The fraction of sp³-hybridized carbons (Fsp3) is 0.357. The molecule has 0 atom stereocenters. The highest BCUT2D eigenvalue weighted by atomic mass is 32.2. The van der Waals surface area contributed by atoms with Gasteiger partial charge in [0, 0.05) is 13.0 Å². The lowest BCUT2D eigenvalue weighted by molar-refractivity contribution is -0.133. The van der Waals surface area contributed by atoms with E-state index in [2.05, 4.69) is 10.2 Å². The molecule has 1 heterocycles. The van der Waals surface area contributed by atoms with Crippen LogP contribution >= 0.6 is 11.8 Å². The van der Waals surface area contributed by atoms with Crippen LogP contribution in [0.25, 0.3) is 0 Å². The lowest BCUT2D eigenvalue weighted by Gasteiger charge is -2.07. The highest BCUT2D eigenvalue weighted by Crippen LogP contribution is 2.19. The van der Waals surface area contributed by atoms with Crippen LogP contribution in [0.4, 0.5) is 0 Å². The number of thioether (sulfide) groups is 1. The Balaban J connectivity index is 2.13. The first-order valence-corrected chi connectivity index (χ1v) is 7.52. The van der Waals surface area contributed by atoms with Crippen molar-refractivity contribution in [3.63, 3.8) is 0 Å². The molecule has 21 heavy (non-hydrogen) atoms. The average molecular weight is 307 g/mol. The summed E-state index contributed by atoms with van der Waals surface area (Å²) >= 11 is 1.19. The van der Waals surface area contributed by atoms with Crippen LogP contribution in [0.1, 0.15) is 18.3 Å². The Hall–Kier alpha value is -2.02. The number of benzene rings is 1. The van der Waals surface area contributed by atoms with Gasteiger partial charge in [-0.25, -0.2) is 0 Å². The van der Waals surface area contributed by atoms with Gasteiger partial charge in [-0.2, -0.15) is 0 Å². The Morgan fingerprint density at radius 1 is 1.33 bits per heavy atom. The highest BCUT2D eigenvalue weighted by molar-refractivity contribution is 7.99. The molecule has 0 aliphatic rings. The van der Waals surface area contributed by atoms with Crippen LogP contribution in [-0.4, -0.2) is 38.7 Å². The molecule has 1 aromatic carbocycles. The quantitative estimate of drug-likeness (QED) is 0.789. The summed E-state index contributed by atoms with van der Waals surface area (Å²) in [7, 11) is 1.63. The van der Waals surface area contributed by atoms with E-state index in [0.717, 1.165) is 17.1 Å². The maximum absolute atomic E-state index is 10.6. The molecule has 0 unspecified atom stereocenters. The number of nitrogens with zero attached hydrogens (tertiary/aromatic N) is 3. The van der Waals surface area contributed by atoms with Crippen LogP contribution in [0.2, 0.25) is 0 Å². The molecular weight excluding hydrogens is 290 g/mol. The smallest absolute Gasteiger partial charge is 0.313 e. The van der Waals surface area contributed by atoms with Gasteiger partial charge in [0.1, 0.15) is 11.6 Å². The molecule has 0 amide bonds. The molecule has 1 N–H and O–H groups in total. The van der Waals surface area contributed by atoms with Crippen LogP contribution in [0, 0.1) is 0 Å². The molecule has 0 fully saturated rings. The zero-order valence-corrected chi connectivity index (χ0v) is 12.8. The van der Waals surface area contributed by atoms with Gasteiger partial charge in [0.2, 0.25) is 0 Å². The fourth-order valence-corrected chi connectivity index (χ4v) is 2.67. The summed E-state index contributed by atoms with van der Waals surface area (Å²) in [4.78, 5) is 10.6. The minimum Gasteiger partial charge on any atom is -0.497 e. The molecule has 0 aliphatic carbocycles. The van der Waals surface area contributed by atoms with Crippen LogP contribution < -0.4 is 4.74 Å². The van der Waals surface area contributed by atoms with Crippen molar-refractivity contribution in [1.29, 1.82) is 0 Å². The number of aromatic nitrogens is 3. The minimum atomic E-state index is -0.859. The zero-order chi connectivity index (χ0) is 15.2. The van der Waals surface area contributed by atoms with Crippen molar-refractivity contribution in [3.05, 3.63) is 35.7 Å². The van der Waals surface area contributed by atoms with Crippen molar-refractivity contribution in [3.8, 4) is 5.75 Å². The number of hydrogen-bond donors (Lipinski definition) is 1. The minimum absolute atomic E-state index is 0.0132. The molecule has 2 rings (SSSR count). The molecule has 2 aromatic rings. The van der Waals surface area contributed by atoms with E-state index in [0.29, 0.717) is 18.1 Å². The van der Waals surface area contributed by atoms with E-state index in [1.807, 2.05) is 35.8 Å². The van der Waals surface area contributed by atoms with Crippen molar-refractivity contribution < 1.29 is 14.6 Å². The second kappa shape index (κ2) is 7.12. The molecule has 0 saturated heterocycles. The summed E-state index contributed by atoms with van der Waals surface area (Å²) in [6.07, 6.45) is 0.651. The predicted molar refractivity (Wildman–Crippen MR) is 79.9 cm³/mol. The first kappa shape index (κ1) is 15.4. The average Bonchev–Trinajstić information content (AvgIpc) is 2.87. The van der Waals surface area contributed by atoms with Gasteiger partial charge in [-0.05, 0) is 24.6 Å². The number of aliphatic carboxylic acids is 1. The SMILES string of the molecule is CCn1c(Cc2ccc(OC)cc2)nnc1SCC(=O)O. The van der Waals surface area contributed by atoms with Crippen molar-refractivity contribution in [2.24, 2.45) is 0 Å². The van der Waals surface area contributed by atoms with E-state index in [1.54, 1.807) is 7.11 Å². The zero-order valence-electron chi connectivity index (χ0n) is 11.9. The second-order valence-electron chi connectivity index (χ2n) is 4.35.